The average molecular weight is 283 g/mol. The summed E-state index contributed by atoms with van der Waals surface area (Å²) in [5.41, 5.74) is 0. The molecule has 0 aliphatic heterocycles. The van der Waals surface area contributed by atoms with Crippen LogP contribution < -0.4 is 0 Å². The van der Waals surface area contributed by atoms with E-state index in [4.69, 9.17) is 0 Å². The van der Waals surface area contributed by atoms with Gasteiger partial charge in [0.15, 0.2) is 0 Å². The van der Waals surface area contributed by atoms with Crippen LogP contribution in [0.5, 0.6) is 0 Å². The first-order valence-corrected chi connectivity index (χ1v) is 0. The van der Waals surface area contributed by atoms with E-state index in [0.717, 1.165) is 0 Å². The van der Waals surface area contributed by atoms with Gasteiger partial charge in [-0.15, -0.1) is 0 Å². The molecule has 0 aromatic heterocycles. The van der Waals surface area contributed by atoms with Gasteiger partial charge in [0.25, 0.3) is 0 Å². The SMILES string of the molecule is [BaH2].[BeH2].[Cr].[SeH2]. The van der Waals surface area contributed by atoms with Gasteiger partial charge in [-0.1, -0.05) is 0 Å². The van der Waals surface area contributed by atoms with E-state index in [1.54, 1.807) is 0 Å². The van der Waals surface area contributed by atoms with Crippen LogP contribution in [0.1, 0.15) is 0 Å². The van der Waals surface area contributed by atoms with Crippen LogP contribution >= 0.6 is 0 Å². The Labute approximate surface area is 91.4 Å². The molecule has 0 atom stereocenters. The van der Waals surface area contributed by atoms with Crippen LogP contribution in [0.4, 0.5) is 0 Å². The second kappa shape index (κ2) is 17.1. The summed E-state index contributed by atoms with van der Waals surface area (Å²) in [4.78, 5) is 0. The van der Waals surface area contributed by atoms with Crippen molar-refractivity contribution in [1.29, 1.82) is 0 Å². The summed E-state index contributed by atoms with van der Waals surface area (Å²) in [5, 5.41) is 0. The van der Waals surface area contributed by atoms with Gasteiger partial charge in [-0.2, -0.15) is 0 Å². The first-order chi connectivity index (χ1) is 0. The molecular weight excluding hydrogens is 277 g/mol. The summed E-state index contributed by atoms with van der Waals surface area (Å²) in [6.07, 6.45) is 0. The normalized spacial score (nSPS) is 0. The van der Waals surface area contributed by atoms with Gasteiger partial charge in [-0.25, -0.2) is 0 Å². The van der Waals surface area contributed by atoms with Gasteiger partial charge in [0, 0.05) is 17.4 Å². The Kier molecular flexibility index (Phi) is 125. The van der Waals surface area contributed by atoms with Crippen molar-refractivity contribution in [1.82, 2.24) is 0 Å². The third kappa shape index (κ3) is 8.84. The summed E-state index contributed by atoms with van der Waals surface area (Å²) in [6, 6.07) is 0. The van der Waals surface area contributed by atoms with Gasteiger partial charge in [0.1, 0.15) is 0 Å². The van der Waals surface area contributed by atoms with Gasteiger partial charge in [-0.05, 0) is 0 Å². The average Bonchev–Trinajstić information content (AvgIpc) is 0. The number of rotatable bonds is 0. The van der Waals surface area contributed by atoms with Crippen LogP contribution in [0.2, 0.25) is 0 Å². The summed E-state index contributed by atoms with van der Waals surface area (Å²) in [6.45, 7) is 0. The fraction of sp³-hybridized carbons (Fsp3) is 0. The van der Waals surface area contributed by atoms with Crippen molar-refractivity contribution in [3.8, 4) is 0 Å². The zero-order valence-corrected chi connectivity index (χ0v) is 4.28. The molecule has 4 heavy (non-hydrogen) atoms. The molecule has 22 valence electrons. The minimum atomic E-state index is 0. The zero-order valence-electron chi connectivity index (χ0n) is 0.908. The molecule has 0 spiro atoms. The molecule has 0 N–H and O–H groups in total. The summed E-state index contributed by atoms with van der Waals surface area (Å²) in [5.74, 6) is 0. The number of hydrogen-bond acceptors (Lipinski definition) is 0. The van der Waals surface area contributed by atoms with Gasteiger partial charge >= 0.3 is 76.1 Å². The zero-order chi connectivity index (χ0) is 0. The molecule has 0 nitrogen and oxygen atoms in total. The van der Waals surface area contributed by atoms with Crippen molar-refractivity contribution in [2.24, 2.45) is 0 Å². The molecule has 0 aromatic rings. The van der Waals surface area contributed by atoms with Crippen molar-refractivity contribution in [2.75, 3.05) is 0 Å². The van der Waals surface area contributed by atoms with Crippen LogP contribution in [0.15, 0.2) is 0 Å². The maximum absolute atomic E-state index is 0. The molecule has 0 unspecified atom stereocenters. The standard InChI is InChI=1S/Ba.Be.Cr.H2Se.4H/h;;;1H2;;;;. The molecule has 0 saturated carbocycles. The predicted octanol–water partition coefficient (Wildman–Crippen LogP) is -2.75. The van der Waals surface area contributed by atoms with E-state index in [2.05, 4.69) is 0 Å². The molecule has 0 aliphatic rings. The molecule has 0 rings (SSSR count). The third-order valence-corrected chi connectivity index (χ3v) is 0. The van der Waals surface area contributed by atoms with Gasteiger partial charge in [-0.3, -0.25) is 0 Å². The Hall–Kier alpha value is 2.79. The van der Waals surface area contributed by atoms with E-state index in [1.807, 2.05) is 0 Å². The number of hydrogen-bond donors (Lipinski definition) is 0. The quantitative estimate of drug-likeness (QED) is 0.423. The van der Waals surface area contributed by atoms with E-state index in [-0.39, 0.29) is 93.4 Å². The van der Waals surface area contributed by atoms with Crippen molar-refractivity contribution in [2.45, 2.75) is 0 Å². The van der Waals surface area contributed by atoms with Crippen LogP contribution in [0.3, 0.4) is 0 Å². The Balaban J connectivity index is 0. The molecule has 0 aromatic carbocycles. The second-order valence-corrected chi connectivity index (χ2v) is 0. The topological polar surface area (TPSA) is 0 Å². The van der Waals surface area contributed by atoms with E-state index in [0.29, 0.717) is 0 Å². The van der Waals surface area contributed by atoms with Gasteiger partial charge in [0.05, 0.1) is 0 Å². The van der Waals surface area contributed by atoms with Gasteiger partial charge < -0.3 is 0 Å². The summed E-state index contributed by atoms with van der Waals surface area (Å²) >= 11 is 0. The molecule has 0 saturated heterocycles. The molecule has 0 heterocycles. The fourth-order valence-electron chi connectivity index (χ4n) is 0. The van der Waals surface area contributed by atoms with Crippen LogP contribution in [0, 0.1) is 0 Å². The van der Waals surface area contributed by atoms with Crippen molar-refractivity contribution in [3.63, 3.8) is 0 Å². The second-order valence-electron chi connectivity index (χ2n) is 0. The molecule has 4 heteroatoms. The third-order valence-electron chi connectivity index (χ3n) is 0. The Morgan fingerprint density at radius 3 is 1.00 bits per heavy atom. The molecule has 0 fully saturated rings. The molecule has 0 bridgehead atoms. The Morgan fingerprint density at radius 1 is 1.00 bits per heavy atom. The summed E-state index contributed by atoms with van der Waals surface area (Å²) in [7, 11) is 0. The van der Waals surface area contributed by atoms with Crippen molar-refractivity contribution >= 4 is 76.1 Å². The van der Waals surface area contributed by atoms with E-state index < -0.39 is 0 Å². The first-order valence-electron chi connectivity index (χ1n) is 0. The maximum atomic E-state index is 0. The van der Waals surface area contributed by atoms with Crippen LogP contribution in [-0.4, -0.2) is 76.1 Å². The Morgan fingerprint density at radius 2 is 1.00 bits per heavy atom. The van der Waals surface area contributed by atoms with E-state index in [1.165, 1.54) is 0 Å². The fourth-order valence-corrected chi connectivity index (χ4v) is 0. The van der Waals surface area contributed by atoms with Crippen LogP contribution in [-0.2, 0) is 17.4 Å². The summed E-state index contributed by atoms with van der Waals surface area (Å²) < 4.78 is 0. The minimum absolute atomic E-state index is 0. The molecule has 0 aliphatic carbocycles. The Bertz CT molecular complexity index is 8.00. The van der Waals surface area contributed by atoms with Crippen LogP contribution in [0.25, 0.3) is 0 Å². The van der Waals surface area contributed by atoms with Crippen molar-refractivity contribution < 1.29 is 17.4 Å². The van der Waals surface area contributed by atoms with E-state index >= 15 is 0 Å². The predicted molar refractivity (Wildman–Crippen MR) is 25.6 cm³/mol. The van der Waals surface area contributed by atoms with E-state index in [9.17, 15) is 0 Å². The van der Waals surface area contributed by atoms with Gasteiger partial charge in [0.2, 0.25) is 0 Å². The monoisotopic (exact) mass is 285 g/mol. The first kappa shape index (κ1) is 29.2. The molecular formula is H6BaBeCrSe. The molecule has 0 amide bonds. The van der Waals surface area contributed by atoms with Crippen molar-refractivity contribution in [3.05, 3.63) is 0 Å². The molecule has 0 radical (unpaired) electrons.